The molecule has 0 saturated heterocycles. The molecule has 4 aromatic heterocycles. The molecule has 1 saturated carbocycles. The molecule has 5 aliphatic rings. The van der Waals surface area contributed by atoms with E-state index in [0.29, 0.717) is 148 Å². The molecule has 4 amide bonds. The molecule has 4 atom stereocenters. The van der Waals surface area contributed by atoms with Crippen molar-refractivity contribution in [3.05, 3.63) is 296 Å². The molecule has 4 unspecified atom stereocenters. The number of carbonyl (C=O) groups is 8. The Bertz CT molecular complexity index is 6240. The van der Waals surface area contributed by atoms with E-state index in [4.69, 9.17) is 6.42 Å². The number of alkyl halides is 12. The number of halogens is 12. The number of Topliss-reactive ketones (excluding diaryl/α,β-unsaturated/α-hetero) is 4. The molecule has 0 bridgehead atoms. The van der Waals surface area contributed by atoms with Gasteiger partial charge in [0.1, 0.15) is 0 Å². The fourth-order valence-corrected chi connectivity index (χ4v) is 19.8. The summed E-state index contributed by atoms with van der Waals surface area (Å²) in [5.41, 5.74) is 6.49. The Morgan fingerprint density at radius 3 is 0.887 bits per heavy atom. The smallest absolute Gasteiger partial charge is 0.315 e. The van der Waals surface area contributed by atoms with Crippen molar-refractivity contribution in [2.75, 3.05) is 47.8 Å². The number of aromatic nitrogens is 8. The number of aryl methyl sites for hydroxylation is 1. The van der Waals surface area contributed by atoms with Crippen LogP contribution in [0.1, 0.15) is 205 Å². The Hall–Kier alpha value is -13.3. The Kier molecular flexibility index (Phi) is 35.8. The van der Waals surface area contributed by atoms with Gasteiger partial charge in [0.2, 0.25) is 23.6 Å². The summed E-state index contributed by atoms with van der Waals surface area (Å²) in [7, 11) is 6.69. The van der Waals surface area contributed by atoms with Gasteiger partial charge in [0, 0.05) is 151 Å². The van der Waals surface area contributed by atoms with Crippen LogP contribution in [0.15, 0.2) is 200 Å². The molecular weight excluding hydrogens is 1850 g/mol. The number of fused-ring (bicyclic) bond motifs is 4. The Balaban J connectivity index is 0.000000159. The first-order valence-electron chi connectivity index (χ1n) is 48.4. The van der Waals surface area contributed by atoms with Crippen molar-refractivity contribution < 1.29 is 91.0 Å². The van der Waals surface area contributed by atoms with Crippen LogP contribution < -0.4 is 19.6 Å². The van der Waals surface area contributed by atoms with Crippen LogP contribution in [-0.2, 0) is 160 Å². The number of benzene rings is 7. The van der Waals surface area contributed by atoms with Crippen LogP contribution in [0.25, 0.3) is 0 Å². The van der Waals surface area contributed by atoms with E-state index in [2.05, 4.69) is 26.3 Å². The summed E-state index contributed by atoms with van der Waals surface area (Å²) in [6.45, 7) is 0.890. The quantitative estimate of drug-likeness (QED) is 0.0218. The fourth-order valence-electron chi connectivity index (χ4n) is 19.8. The van der Waals surface area contributed by atoms with Gasteiger partial charge in [-0.2, -0.15) is 73.1 Å². The second-order valence-corrected chi connectivity index (χ2v) is 37.6. The second kappa shape index (κ2) is 48.0. The van der Waals surface area contributed by atoms with Crippen molar-refractivity contribution in [1.29, 1.82) is 0 Å². The third kappa shape index (κ3) is 27.9. The third-order valence-electron chi connectivity index (χ3n) is 27.2. The van der Waals surface area contributed by atoms with E-state index in [1.54, 1.807) is 63.4 Å². The number of carbonyl (C=O) groups excluding carboxylic acids is 8. The molecule has 4 heterocycles. The van der Waals surface area contributed by atoms with Crippen molar-refractivity contribution in [2.45, 2.75) is 238 Å². The number of hydrogen-bond acceptors (Lipinski definition) is 12. The van der Waals surface area contributed by atoms with E-state index in [9.17, 15) is 91.0 Å². The molecule has 20 nitrogen and oxygen atoms in total. The molecule has 142 heavy (non-hydrogen) atoms. The first kappa shape index (κ1) is 106. The number of anilines is 4. The highest BCUT2D eigenvalue weighted by molar-refractivity contribution is 6.00. The van der Waals surface area contributed by atoms with Crippen molar-refractivity contribution >= 4 is 69.5 Å². The van der Waals surface area contributed by atoms with Gasteiger partial charge in [0.05, 0.1) is 26.2 Å². The molecular formula is C110H118F12N12O8. The van der Waals surface area contributed by atoms with Crippen LogP contribution in [0.4, 0.5) is 75.4 Å². The Labute approximate surface area is 818 Å². The van der Waals surface area contributed by atoms with Crippen LogP contribution in [0.3, 0.4) is 0 Å². The molecule has 750 valence electrons. The zero-order valence-corrected chi connectivity index (χ0v) is 80.3. The van der Waals surface area contributed by atoms with Crippen molar-refractivity contribution in [1.82, 2.24) is 39.1 Å². The first-order chi connectivity index (χ1) is 67.8. The number of nitrogens with zero attached hydrogens (tertiary/aromatic N) is 12. The van der Waals surface area contributed by atoms with Gasteiger partial charge in [-0.05, 0) is 219 Å². The summed E-state index contributed by atoms with van der Waals surface area (Å²) < 4.78 is 168. The highest BCUT2D eigenvalue weighted by Crippen LogP contribution is 2.43. The van der Waals surface area contributed by atoms with Crippen LogP contribution in [0.5, 0.6) is 0 Å². The average molecular weight is 1960 g/mol. The molecule has 0 spiro atoms. The fraction of sp³-hybridized carbons (Fsp3) is 0.418. The summed E-state index contributed by atoms with van der Waals surface area (Å²) in [5, 5.41) is 15.2. The van der Waals surface area contributed by atoms with Crippen molar-refractivity contribution in [3.63, 3.8) is 0 Å². The molecule has 11 aromatic rings. The number of hydrogen-bond donors (Lipinski definition) is 0. The van der Waals surface area contributed by atoms with E-state index in [1.165, 1.54) is 33.4 Å². The lowest BCUT2D eigenvalue weighted by Crippen LogP contribution is -2.36. The maximum Gasteiger partial charge on any atom is 0.435 e. The molecule has 0 N–H and O–H groups in total. The van der Waals surface area contributed by atoms with Gasteiger partial charge < -0.3 is 19.6 Å². The lowest BCUT2D eigenvalue weighted by molar-refractivity contribution is -0.143. The Morgan fingerprint density at radius 1 is 0.331 bits per heavy atom. The minimum absolute atomic E-state index is 0.0164. The van der Waals surface area contributed by atoms with Gasteiger partial charge in [-0.15, -0.1) is 6.42 Å². The van der Waals surface area contributed by atoms with Crippen LogP contribution in [0, 0.1) is 48.9 Å². The normalized spacial score (nSPS) is 14.9. The third-order valence-corrected chi connectivity index (χ3v) is 27.2. The SMILES string of the molecule is C#Cc1cccc(CC(CC(=O)Cn2nc(C(F)(F)F)c3c2CCCC3)C(=O)N(C)c2ccccc2)c1.CN(C(=O)C(CC(=O)Cn1nc(C(F)(F)F)c2c1CCCC2)CC1CCC1)c1ccccc1.CN(C(=O)C(CC(=O)Cn1nc(C(F)(F)F)c2c1CCCCC2)Cc1ccccc1)c1ccccc1.Cc1cccc(CC(CC(=O)Cn2nc(C(F)(F)F)c3c2CCCC3)C(=O)N(C)c2ccccc2)c1. The predicted octanol–water partition coefficient (Wildman–Crippen LogP) is 21.7. The summed E-state index contributed by atoms with van der Waals surface area (Å²) in [6, 6.07) is 61.0. The maximum absolute atomic E-state index is 13.7. The molecule has 16 rings (SSSR count). The zero-order valence-electron chi connectivity index (χ0n) is 80.3. The summed E-state index contributed by atoms with van der Waals surface area (Å²) in [5.74, 6) is -1.56. The number of para-hydroxylation sites is 4. The molecule has 5 aliphatic carbocycles. The van der Waals surface area contributed by atoms with Crippen molar-refractivity contribution in [3.8, 4) is 12.3 Å². The molecule has 1 fully saturated rings. The van der Waals surface area contributed by atoms with Gasteiger partial charge in [0.25, 0.3) is 0 Å². The predicted molar refractivity (Wildman–Crippen MR) is 517 cm³/mol. The number of amides is 4. The Morgan fingerprint density at radius 2 is 0.592 bits per heavy atom. The molecule has 7 aromatic carbocycles. The monoisotopic (exact) mass is 1960 g/mol. The van der Waals surface area contributed by atoms with E-state index in [0.717, 1.165) is 79.3 Å². The number of ketones is 4. The molecule has 0 radical (unpaired) electrons. The van der Waals surface area contributed by atoms with Gasteiger partial charge in [0.15, 0.2) is 45.9 Å². The van der Waals surface area contributed by atoms with E-state index in [-0.39, 0.29) is 127 Å². The highest BCUT2D eigenvalue weighted by Gasteiger charge is 2.45. The second-order valence-electron chi connectivity index (χ2n) is 37.6. The van der Waals surface area contributed by atoms with E-state index < -0.39 is 71.2 Å². The lowest BCUT2D eigenvalue weighted by Gasteiger charge is -2.31. The van der Waals surface area contributed by atoms with Gasteiger partial charge in [-0.1, -0.05) is 177 Å². The van der Waals surface area contributed by atoms with Crippen LogP contribution in [0.2, 0.25) is 0 Å². The minimum atomic E-state index is -4.57. The van der Waals surface area contributed by atoms with E-state index in [1.807, 2.05) is 177 Å². The van der Waals surface area contributed by atoms with Gasteiger partial charge >= 0.3 is 24.7 Å². The standard InChI is InChI=1S/C29H28F3N3O2.2C28H30F3N3O2.C25H30F3N3O2/c1-3-20-10-9-11-21(16-20)17-22(28(37)34(2)23-12-5-4-6-13-23)18-24(36)19-35-26-15-8-7-14-25(26)27(33-35)29(30,31)32;1-33(22-13-7-3-8-14-22)27(36)21(17-20-11-5-2-6-12-20)18-23(35)19-34-25-16-10-4-9-15-24(25)26(32-34)28(29,30)31;1-19-9-8-10-20(15-19)16-21(27(36)33(2)22-11-4-3-5-12-22)17-23(35)18-34-25-14-7-6-13-24(25)26(32-34)28(29,30)31;1-30(19-10-3-2-4-11-19)24(33)18(14-17-8-7-9-17)15-20(32)16-31-22-13-6-5-12-21(22)23(29-31)25(26,27)28/h1,4-6,9-13,16,22H,7-8,14-15,17-19H2,2H3;2-3,5-8,11-14,21H,4,9-10,15-19H2,1H3;3-5,8-12,15,21H,6-7,13-14,16-18H2,1-2H3;2-4,10-11,17-18H,5-9,12-16H2,1H3. The maximum atomic E-state index is 13.7. The largest absolute Gasteiger partial charge is 0.435 e. The summed E-state index contributed by atoms with van der Waals surface area (Å²) >= 11 is 0. The first-order valence-corrected chi connectivity index (χ1v) is 48.4. The van der Waals surface area contributed by atoms with Gasteiger partial charge in [-0.3, -0.25) is 57.1 Å². The van der Waals surface area contributed by atoms with Crippen LogP contribution in [-0.4, -0.2) is 114 Å². The summed E-state index contributed by atoms with van der Waals surface area (Å²) in [6.07, 6.45) is 1.61. The van der Waals surface area contributed by atoms with Gasteiger partial charge in [-0.25, -0.2) is 0 Å². The number of terminal acetylenes is 1. The zero-order chi connectivity index (χ0) is 102. The topological polar surface area (TPSA) is 221 Å². The minimum Gasteiger partial charge on any atom is -0.315 e. The average Bonchev–Trinajstić information content (AvgIpc) is 1.61. The summed E-state index contributed by atoms with van der Waals surface area (Å²) in [4.78, 5) is 112. The molecule has 32 heteroatoms. The van der Waals surface area contributed by atoms with E-state index >= 15 is 0 Å². The van der Waals surface area contributed by atoms with Crippen molar-refractivity contribution in [2.24, 2.45) is 29.6 Å². The highest BCUT2D eigenvalue weighted by atomic mass is 19.4. The van der Waals surface area contributed by atoms with Crippen LogP contribution >= 0.6 is 0 Å². The molecule has 0 aliphatic heterocycles. The number of rotatable bonds is 32. The lowest BCUT2D eigenvalue weighted by atomic mass is 9.77.